The number of rotatable bonds is 3. The molecule has 6 heteroatoms. The van der Waals surface area contributed by atoms with Crippen molar-refractivity contribution < 1.29 is 19.1 Å². The van der Waals surface area contributed by atoms with E-state index in [0.717, 1.165) is 12.1 Å². The van der Waals surface area contributed by atoms with E-state index in [-0.39, 0.29) is 11.3 Å². The molecule has 0 aliphatic carbocycles. The maximum absolute atomic E-state index is 13.5. The molecule has 20 heavy (non-hydrogen) atoms. The molecule has 0 atom stereocenters. The smallest absolute Gasteiger partial charge is 0.338 e. The largest absolute Gasteiger partial charge is 0.478 e. The second-order valence-electron chi connectivity index (χ2n) is 4.04. The molecule has 2 rings (SSSR count). The number of carbonyl (C=O) groups is 2. The van der Waals surface area contributed by atoms with Gasteiger partial charge in [-0.2, -0.15) is 0 Å². The maximum Gasteiger partial charge on any atom is 0.338 e. The lowest BCUT2D eigenvalue weighted by molar-refractivity contribution is 0.0692. The van der Waals surface area contributed by atoms with Crippen molar-refractivity contribution in [2.45, 2.75) is 0 Å². The second kappa shape index (κ2) is 5.40. The number of amides is 1. The molecule has 5 nitrogen and oxygen atoms in total. The van der Waals surface area contributed by atoms with Crippen LogP contribution >= 0.6 is 0 Å². The number of benzene rings is 2. The number of halogens is 1. The predicted molar refractivity (Wildman–Crippen MR) is 72.2 cm³/mol. The average Bonchev–Trinajstić information content (AvgIpc) is 2.38. The fraction of sp³-hybridized carbons (Fsp3) is 0. The van der Waals surface area contributed by atoms with Gasteiger partial charge in [-0.1, -0.05) is 12.1 Å². The number of para-hydroxylation sites is 1. The van der Waals surface area contributed by atoms with Crippen molar-refractivity contribution in [3.63, 3.8) is 0 Å². The zero-order valence-electron chi connectivity index (χ0n) is 10.3. The molecule has 102 valence electrons. The third kappa shape index (κ3) is 2.74. The summed E-state index contributed by atoms with van der Waals surface area (Å²) in [7, 11) is 0. The zero-order valence-corrected chi connectivity index (χ0v) is 10.3. The molecule has 0 aliphatic rings. The number of anilines is 2. The molecular formula is C14H11FN2O3. The highest BCUT2D eigenvalue weighted by atomic mass is 19.1. The number of aromatic carboxylic acids is 1. The molecule has 0 spiro atoms. The van der Waals surface area contributed by atoms with Crippen LogP contribution in [0.15, 0.2) is 42.5 Å². The number of nitrogens with two attached hydrogens (primary N) is 1. The molecule has 0 heterocycles. The maximum atomic E-state index is 13.5. The molecule has 1 amide bonds. The van der Waals surface area contributed by atoms with Gasteiger partial charge in [0.1, 0.15) is 5.82 Å². The third-order valence-electron chi connectivity index (χ3n) is 2.66. The first kappa shape index (κ1) is 13.5. The average molecular weight is 274 g/mol. The monoisotopic (exact) mass is 274 g/mol. The summed E-state index contributed by atoms with van der Waals surface area (Å²) in [5.74, 6) is -2.78. The minimum Gasteiger partial charge on any atom is -0.478 e. The van der Waals surface area contributed by atoms with Gasteiger partial charge in [-0.15, -0.1) is 0 Å². The number of carbonyl (C=O) groups excluding carboxylic acids is 1. The molecule has 0 unspecified atom stereocenters. The Morgan fingerprint density at radius 3 is 2.40 bits per heavy atom. The quantitative estimate of drug-likeness (QED) is 0.749. The first-order chi connectivity index (χ1) is 9.49. The molecule has 0 saturated carbocycles. The van der Waals surface area contributed by atoms with Gasteiger partial charge in [-0.05, 0) is 30.3 Å². The van der Waals surface area contributed by atoms with Crippen LogP contribution in [0, 0.1) is 5.82 Å². The Hall–Kier alpha value is -2.89. The van der Waals surface area contributed by atoms with E-state index >= 15 is 0 Å². The highest BCUT2D eigenvalue weighted by molar-refractivity contribution is 6.07. The molecule has 2 aromatic carbocycles. The fourth-order valence-corrected chi connectivity index (χ4v) is 1.67. The first-order valence-corrected chi connectivity index (χ1v) is 5.67. The van der Waals surface area contributed by atoms with Gasteiger partial charge in [-0.25, -0.2) is 9.18 Å². The van der Waals surface area contributed by atoms with Crippen LogP contribution < -0.4 is 11.1 Å². The Balaban J connectivity index is 2.23. The van der Waals surface area contributed by atoms with Crippen molar-refractivity contribution >= 4 is 23.3 Å². The number of nitrogens with one attached hydrogen (secondary N) is 1. The summed E-state index contributed by atoms with van der Waals surface area (Å²) in [5.41, 5.74) is 5.91. The van der Waals surface area contributed by atoms with Crippen LogP contribution in [0.1, 0.15) is 20.7 Å². The minimum atomic E-state index is -1.37. The molecule has 0 fully saturated rings. The topological polar surface area (TPSA) is 92.4 Å². The van der Waals surface area contributed by atoms with Gasteiger partial charge in [0.25, 0.3) is 5.91 Å². The summed E-state index contributed by atoms with van der Waals surface area (Å²) >= 11 is 0. The Morgan fingerprint density at radius 1 is 1.10 bits per heavy atom. The summed E-state index contributed by atoms with van der Waals surface area (Å²) < 4.78 is 13.5. The van der Waals surface area contributed by atoms with Crippen LogP contribution in [-0.2, 0) is 0 Å². The van der Waals surface area contributed by atoms with Crippen LogP contribution in [0.25, 0.3) is 0 Å². The summed E-state index contributed by atoms with van der Waals surface area (Å²) in [4.78, 5) is 22.6. The Labute approximate surface area is 113 Å². The van der Waals surface area contributed by atoms with Crippen LogP contribution in [0.4, 0.5) is 15.8 Å². The number of carboxylic acids is 1. The number of hydrogen-bond acceptors (Lipinski definition) is 3. The van der Waals surface area contributed by atoms with Crippen molar-refractivity contribution in [2.24, 2.45) is 0 Å². The summed E-state index contributed by atoms with van der Waals surface area (Å²) in [6.07, 6.45) is 0. The van der Waals surface area contributed by atoms with Crippen LogP contribution in [0.2, 0.25) is 0 Å². The Kier molecular flexibility index (Phi) is 3.65. The second-order valence-corrected chi connectivity index (χ2v) is 4.04. The van der Waals surface area contributed by atoms with Gasteiger partial charge in [0.05, 0.1) is 11.1 Å². The van der Waals surface area contributed by atoms with E-state index in [1.54, 1.807) is 18.2 Å². The van der Waals surface area contributed by atoms with Gasteiger partial charge in [0.2, 0.25) is 0 Å². The highest BCUT2D eigenvalue weighted by Gasteiger charge is 2.13. The number of nitrogen functional groups attached to an aromatic ring is 1. The van der Waals surface area contributed by atoms with Crippen molar-refractivity contribution in [2.75, 3.05) is 11.1 Å². The van der Waals surface area contributed by atoms with E-state index < -0.39 is 23.3 Å². The molecule has 2 aromatic rings. The number of carboxylic acid groups (broad SMARTS) is 1. The molecule has 4 N–H and O–H groups in total. The minimum absolute atomic E-state index is 0.153. The van der Waals surface area contributed by atoms with Gasteiger partial charge in [0.15, 0.2) is 0 Å². The molecule has 0 aromatic heterocycles. The zero-order chi connectivity index (χ0) is 14.7. The Bertz CT molecular complexity index is 686. The highest BCUT2D eigenvalue weighted by Crippen LogP contribution is 2.17. The standard InChI is InChI=1S/C14H11FN2O3/c15-11-7-8(5-6-9(11)14(19)20)17-13(18)10-3-1-2-4-12(10)16/h1-7H,16H2,(H,17,18)(H,19,20). The molecule has 0 saturated heterocycles. The Morgan fingerprint density at radius 2 is 1.80 bits per heavy atom. The summed E-state index contributed by atoms with van der Waals surface area (Å²) in [6.45, 7) is 0. The SMILES string of the molecule is Nc1ccccc1C(=O)Nc1ccc(C(=O)O)c(F)c1. The van der Waals surface area contributed by atoms with Crippen LogP contribution in [-0.4, -0.2) is 17.0 Å². The van der Waals surface area contributed by atoms with E-state index in [0.29, 0.717) is 5.69 Å². The van der Waals surface area contributed by atoms with Crippen molar-refractivity contribution in [1.29, 1.82) is 0 Å². The lowest BCUT2D eigenvalue weighted by Gasteiger charge is -2.08. The molecule has 0 radical (unpaired) electrons. The van der Waals surface area contributed by atoms with E-state index in [1.807, 2.05) is 0 Å². The normalized spacial score (nSPS) is 10.1. The van der Waals surface area contributed by atoms with Crippen LogP contribution in [0.3, 0.4) is 0 Å². The van der Waals surface area contributed by atoms with Crippen molar-refractivity contribution in [3.8, 4) is 0 Å². The lowest BCUT2D eigenvalue weighted by atomic mass is 10.1. The van der Waals surface area contributed by atoms with E-state index in [1.165, 1.54) is 12.1 Å². The predicted octanol–water partition coefficient (Wildman–Crippen LogP) is 2.36. The van der Waals surface area contributed by atoms with Crippen LogP contribution in [0.5, 0.6) is 0 Å². The fourth-order valence-electron chi connectivity index (χ4n) is 1.67. The lowest BCUT2D eigenvalue weighted by Crippen LogP contribution is -2.14. The number of hydrogen-bond donors (Lipinski definition) is 3. The molecule has 0 bridgehead atoms. The van der Waals surface area contributed by atoms with E-state index in [9.17, 15) is 14.0 Å². The van der Waals surface area contributed by atoms with Crippen molar-refractivity contribution in [3.05, 3.63) is 59.4 Å². The van der Waals surface area contributed by atoms with Crippen molar-refractivity contribution in [1.82, 2.24) is 0 Å². The van der Waals surface area contributed by atoms with E-state index in [2.05, 4.69) is 5.32 Å². The molecular weight excluding hydrogens is 263 g/mol. The molecule has 0 aliphatic heterocycles. The summed E-state index contributed by atoms with van der Waals surface area (Å²) in [5, 5.41) is 11.2. The third-order valence-corrected chi connectivity index (χ3v) is 2.66. The summed E-state index contributed by atoms with van der Waals surface area (Å²) in [6, 6.07) is 9.79. The first-order valence-electron chi connectivity index (χ1n) is 5.67. The van der Waals surface area contributed by atoms with E-state index in [4.69, 9.17) is 10.8 Å². The van der Waals surface area contributed by atoms with Gasteiger partial charge in [-0.3, -0.25) is 4.79 Å². The van der Waals surface area contributed by atoms with Gasteiger partial charge in [0, 0.05) is 11.4 Å². The van der Waals surface area contributed by atoms with Gasteiger partial charge >= 0.3 is 5.97 Å². The van der Waals surface area contributed by atoms with Gasteiger partial charge < -0.3 is 16.2 Å².